The predicted molar refractivity (Wildman–Crippen MR) is 110 cm³/mol. The molecule has 1 atom stereocenters. The highest BCUT2D eigenvalue weighted by molar-refractivity contribution is 6.01. The Labute approximate surface area is 169 Å². The quantitative estimate of drug-likeness (QED) is 0.746. The number of amides is 2. The molecule has 29 heavy (non-hydrogen) atoms. The molecule has 2 aromatic carbocycles. The molecule has 2 heterocycles. The molecule has 1 N–H and O–H groups in total. The molecule has 0 radical (unpaired) electrons. The molecule has 3 aromatic rings. The Morgan fingerprint density at radius 3 is 2.41 bits per heavy atom. The Kier molecular flexibility index (Phi) is 5.24. The van der Waals surface area contributed by atoms with Gasteiger partial charge in [-0.05, 0) is 29.3 Å². The van der Waals surface area contributed by atoms with Crippen LogP contribution in [0, 0.1) is 0 Å². The third-order valence-electron chi connectivity index (χ3n) is 5.05. The number of anilines is 1. The average molecular weight is 387 g/mol. The fraction of sp³-hybridized carbons (Fsp3) is 0.174. The smallest absolute Gasteiger partial charge is 0.254 e. The number of rotatable bonds is 4. The monoisotopic (exact) mass is 387 g/mol. The minimum atomic E-state index is -0.611. The van der Waals surface area contributed by atoms with E-state index in [1.165, 1.54) is 13.3 Å². The van der Waals surface area contributed by atoms with Crippen LogP contribution in [-0.4, -0.2) is 34.8 Å². The van der Waals surface area contributed by atoms with Crippen molar-refractivity contribution >= 4 is 17.5 Å². The first-order valence-electron chi connectivity index (χ1n) is 9.39. The van der Waals surface area contributed by atoms with Crippen LogP contribution in [0.15, 0.2) is 72.9 Å². The number of carbonyl (C=O) groups is 2. The minimum Gasteiger partial charge on any atom is -0.481 e. The van der Waals surface area contributed by atoms with Gasteiger partial charge >= 0.3 is 0 Å². The van der Waals surface area contributed by atoms with Crippen LogP contribution in [0.25, 0.3) is 0 Å². The number of aromatic nitrogens is 1. The molecule has 146 valence electrons. The third kappa shape index (κ3) is 3.96. The average Bonchev–Trinajstić information content (AvgIpc) is 2.78. The summed E-state index contributed by atoms with van der Waals surface area (Å²) in [7, 11) is 1.53. The molecule has 0 unspecified atom stereocenters. The van der Waals surface area contributed by atoms with Gasteiger partial charge in [0.2, 0.25) is 11.8 Å². The molecule has 0 fully saturated rings. The number of methoxy groups -OCH3 is 1. The van der Waals surface area contributed by atoms with Crippen LogP contribution in [0.2, 0.25) is 0 Å². The summed E-state index contributed by atoms with van der Waals surface area (Å²) in [6, 6.07) is 19.8. The maximum absolute atomic E-state index is 13.2. The van der Waals surface area contributed by atoms with E-state index >= 15 is 0 Å². The molecule has 1 aromatic heterocycles. The maximum Gasteiger partial charge on any atom is 0.254 e. The van der Waals surface area contributed by atoms with Crippen LogP contribution in [0.3, 0.4) is 0 Å². The summed E-state index contributed by atoms with van der Waals surface area (Å²) in [6.07, 6.45) is 2.00. The zero-order chi connectivity index (χ0) is 20.2. The first-order chi connectivity index (χ1) is 14.2. The van der Waals surface area contributed by atoms with Gasteiger partial charge in [0.1, 0.15) is 6.04 Å². The largest absolute Gasteiger partial charge is 0.481 e. The van der Waals surface area contributed by atoms with E-state index in [0.717, 1.165) is 11.1 Å². The summed E-state index contributed by atoms with van der Waals surface area (Å²) in [5.41, 5.74) is 3.27. The summed E-state index contributed by atoms with van der Waals surface area (Å²) in [5, 5.41) is 2.88. The fourth-order valence-electron chi connectivity index (χ4n) is 3.52. The van der Waals surface area contributed by atoms with Crippen molar-refractivity contribution in [2.45, 2.75) is 19.0 Å². The maximum atomic E-state index is 13.2. The standard InChI is InChI=1S/C23H21N3O3/c1-29-21-12-11-19(14-24-21)25-22(27)20-13-17-9-5-6-10-18(17)15-26(20)23(28)16-7-3-2-4-8-16/h2-12,14,20H,13,15H2,1H3,(H,25,27)/t20-/m0/s1. The summed E-state index contributed by atoms with van der Waals surface area (Å²) >= 11 is 0. The highest BCUT2D eigenvalue weighted by Gasteiger charge is 2.35. The topological polar surface area (TPSA) is 71.5 Å². The van der Waals surface area contributed by atoms with E-state index in [0.29, 0.717) is 30.1 Å². The molecule has 6 heteroatoms. The van der Waals surface area contributed by atoms with Crippen molar-refractivity contribution in [2.75, 3.05) is 12.4 Å². The molecule has 0 bridgehead atoms. The van der Waals surface area contributed by atoms with Gasteiger partial charge in [-0.1, -0.05) is 42.5 Å². The molecule has 4 rings (SSSR count). The first-order valence-corrected chi connectivity index (χ1v) is 9.39. The lowest BCUT2D eigenvalue weighted by Gasteiger charge is -2.36. The number of ether oxygens (including phenoxy) is 1. The number of pyridine rings is 1. The second kappa shape index (κ2) is 8.14. The van der Waals surface area contributed by atoms with Gasteiger partial charge in [0.25, 0.3) is 5.91 Å². The van der Waals surface area contributed by atoms with E-state index in [9.17, 15) is 9.59 Å². The molecule has 0 saturated carbocycles. The number of benzene rings is 2. The van der Waals surface area contributed by atoms with Crippen LogP contribution < -0.4 is 10.1 Å². The van der Waals surface area contributed by atoms with Gasteiger partial charge in [0.15, 0.2) is 0 Å². The lowest BCUT2D eigenvalue weighted by molar-refractivity contribution is -0.121. The molecular weight excluding hydrogens is 366 g/mol. The lowest BCUT2D eigenvalue weighted by Crippen LogP contribution is -2.50. The van der Waals surface area contributed by atoms with Crippen LogP contribution in [0.4, 0.5) is 5.69 Å². The molecule has 0 spiro atoms. The molecule has 0 saturated heterocycles. The summed E-state index contributed by atoms with van der Waals surface area (Å²) in [4.78, 5) is 32.0. The van der Waals surface area contributed by atoms with Gasteiger partial charge in [-0.15, -0.1) is 0 Å². The highest BCUT2D eigenvalue weighted by atomic mass is 16.5. The van der Waals surface area contributed by atoms with E-state index in [4.69, 9.17) is 4.74 Å². The van der Waals surface area contributed by atoms with Crippen LogP contribution in [0.1, 0.15) is 21.5 Å². The number of nitrogens with zero attached hydrogens (tertiary/aromatic N) is 2. The Morgan fingerprint density at radius 1 is 1.00 bits per heavy atom. The van der Waals surface area contributed by atoms with Crippen LogP contribution in [-0.2, 0) is 17.8 Å². The van der Waals surface area contributed by atoms with Gasteiger partial charge in [-0.2, -0.15) is 0 Å². The van der Waals surface area contributed by atoms with Gasteiger partial charge in [0, 0.05) is 24.6 Å². The second-order valence-corrected chi connectivity index (χ2v) is 6.87. The second-order valence-electron chi connectivity index (χ2n) is 6.87. The number of fused-ring (bicyclic) bond motifs is 1. The number of hydrogen-bond donors (Lipinski definition) is 1. The number of carbonyl (C=O) groups excluding carboxylic acids is 2. The minimum absolute atomic E-state index is 0.159. The Bertz CT molecular complexity index is 1020. The zero-order valence-corrected chi connectivity index (χ0v) is 16.0. The molecular formula is C23H21N3O3. The first kappa shape index (κ1) is 18.7. The highest BCUT2D eigenvalue weighted by Crippen LogP contribution is 2.26. The normalized spacial score (nSPS) is 15.3. The van der Waals surface area contributed by atoms with Gasteiger partial charge < -0.3 is 15.0 Å². The zero-order valence-electron chi connectivity index (χ0n) is 16.0. The van der Waals surface area contributed by atoms with E-state index in [1.54, 1.807) is 29.2 Å². The summed E-state index contributed by atoms with van der Waals surface area (Å²) in [6.45, 7) is 0.392. The predicted octanol–water partition coefficient (Wildman–Crippen LogP) is 3.30. The van der Waals surface area contributed by atoms with Crippen molar-refractivity contribution < 1.29 is 14.3 Å². The lowest BCUT2D eigenvalue weighted by atomic mass is 9.92. The van der Waals surface area contributed by atoms with E-state index < -0.39 is 6.04 Å². The molecule has 1 aliphatic heterocycles. The summed E-state index contributed by atoms with van der Waals surface area (Å²) < 4.78 is 5.05. The van der Waals surface area contributed by atoms with Crippen molar-refractivity contribution in [1.82, 2.24) is 9.88 Å². The van der Waals surface area contributed by atoms with Crippen molar-refractivity contribution in [1.29, 1.82) is 0 Å². The van der Waals surface area contributed by atoms with Crippen LogP contribution >= 0.6 is 0 Å². The molecule has 1 aliphatic rings. The molecule has 2 amide bonds. The number of hydrogen-bond acceptors (Lipinski definition) is 4. The van der Waals surface area contributed by atoms with Crippen LogP contribution in [0.5, 0.6) is 5.88 Å². The fourth-order valence-corrected chi connectivity index (χ4v) is 3.52. The Hall–Kier alpha value is -3.67. The van der Waals surface area contributed by atoms with E-state index in [2.05, 4.69) is 10.3 Å². The Morgan fingerprint density at radius 2 is 1.72 bits per heavy atom. The third-order valence-corrected chi connectivity index (χ3v) is 5.05. The van der Waals surface area contributed by atoms with Crippen molar-refractivity contribution in [3.8, 4) is 5.88 Å². The van der Waals surface area contributed by atoms with Crippen molar-refractivity contribution in [2.24, 2.45) is 0 Å². The van der Waals surface area contributed by atoms with Gasteiger partial charge in [-0.3, -0.25) is 9.59 Å². The Balaban J connectivity index is 1.62. The molecule has 0 aliphatic carbocycles. The summed E-state index contributed by atoms with van der Waals surface area (Å²) in [5.74, 6) is 0.0688. The van der Waals surface area contributed by atoms with Gasteiger partial charge in [-0.25, -0.2) is 4.98 Å². The van der Waals surface area contributed by atoms with Crippen molar-refractivity contribution in [3.05, 3.63) is 89.6 Å². The van der Waals surface area contributed by atoms with E-state index in [1.807, 2.05) is 42.5 Å². The number of nitrogens with one attached hydrogen (secondary N) is 1. The molecule has 6 nitrogen and oxygen atoms in total. The van der Waals surface area contributed by atoms with Gasteiger partial charge in [0.05, 0.1) is 19.0 Å². The van der Waals surface area contributed by atoms with E-state index in [-0.39, 0.29) is 11.8 Å². The van der Waals surface area contributed by atoms with Crippen molar-refractivity contribution in [3.63, 3.8) is 0 Å². The SMILES string of the molecule is COc1ccc(NC(=O)[C@@H]2Cc3ccccc3CN2C(=O)c2ccccc2)cn1.